The first-order valence-corrected chi connectivity index (χ1v) is 7.76. The quantitative estimate of drug-likeness (QED) is 0.776. The summed E-state index contributed by atoms with van der Waals surface area (Å²) in [6.45, 7) is 7.48. The molecule has 23 heavy (non-hydrogen) atoms. The maximum atomic E-state index is 12.2. The number of amides is 1. The van der Waals surface area contributed by atoms with Crippen molar-refractivity contribution in [2.75, 3.05) is 13.2 Å². The molecular formula is C17H23NO5. The maximum Gasteiger partial charge on any atom is 0.351 e. The first-order valence-electron chi connectivity index (χ1n) is 7.76. The fourth-order valence-electron chi connectivity index (χ4n) is 2.61. The van der Waals surface area contributed by atoms with Crippen LogP contribution in [0.3, 0.4) is 0 Å². The molecule has 1 atom stereocenters. The minimum Gasteiger partial charge on any atom is -0.485 e. The van der Waals surface area contributed by atoms with Crippen molar-refractivity contribution in [3.63, 3.8) is 0 Å². The molecule has 126 valence electrons. The van der Waals surface area contributed by atoms with Gasteiger partial charge in [0.15, 0.2) is 18.1 Å². The molecule has 0 aromatic heterocycles. The first-order chi connectivity index (χ1) is 10.9. The number of hydrogen-bond donors (Lipinski definition) is 0. The third-order valence-corrected chi connectivity index (χ3v) is 3.51. The van der Waals surface area contributed by atoms with E-state index in [9.17, 15) is 9.59 Å². The summed E-state index contributed by atoms with van der Waals surface area (Å²) in [5, 5.41) is 0. The molecule has 2 rings (SSSR count). The lowest BCUT2D eigenvalue weighted by molar-refractivity contribution is -0.161. The number of fused-ring (bicyclic) bond motifs is 1. The van der Waals surface area contributed by atoms with Crippen LogP contribution in [-0.2, 0) is 14.3 Å². The van der Waals surface area contributed by atoms with Gasteiger partial charge in [-0.15, -0.1) is 0 Å². The molecule has 1 aromatic rings. The highest BCUT2D eigenvalue weighted by Crippen LogP contribution is 2.31. The Labute approximate surface area is 136 Å². The Bertz CT molecular complexity index is 562. The number of carbonyl (C=O) groups is 2. The van der Waals surface area contributed by atoms with Gasteiger partial charge >= 0.3 is 5.97 Å². The highest BCUT2D eigenvalue weighted by molar-refractivity contribution is 5.82. The van der Waals surface area contributed by atoms with Gasteiger partial charge in [-0.3, -0.25) is 4.79 Å². The Hall–Kier alpha value is -2.24. The van der Waals surface area contributed by atoms with Crippen LogP contribution in [0.15, 0.2) is 24.3 Å². The van der Waals surface area contributed by atoms with E-state index in [0.717, 1.165) is 0 Å². The van der Waals surface area contributed by atoms with Gasteiger partial charge < -0.3 is 19.1 Å². The van der Waals surface area contributed by atoms with Crippen LogP contribution in [0.4, 0.5) is 0 Å². The third kappa shape index (κ3) is 4.15. The molecule has 0 saturated heterocycles. The number of carbonyl (C=O) groups excluding carboxylic acids is 2. The molecule has 6 heteroatoms. The van der Waals surface area contributed by atoms with Crippen molar-refractivity contribution >= 4 is 11.9 Å². The zero-order chi connectivity index (χ0) is 17.0. The fourth-order valence-corrected chi connectivity index (χ4v) is 2.61. The van der Waals surface area contributed by atoms with Crippen LogP contribution in [0.25, 0.3) is 0 Å². The van der Waals surface area contributed by atoms with E-state index in [0.29, 0.717) is 11.5 Å². The van der Waals surface area contributed by atoms with Gasteiger partial charge in [0.1, 0.15) is 6.61 Å². The maximum absolute atomic E-state index is 12.2. The normalized spacial score (nSPS) is 16.3. The Morgan fingerprint density at radius 3 is 2.39 bits per heavy atom. The summed E-state index contributed by atoms with van der Waals surface area (Å²) in [5.74, 6) is 0.275. The number of ether oxygens (including phenoxy) is 3. The van der Waals surface area contributed by atoms with E-state index in [4.69, 9.17) is 14.2 Å². The third-order valence-electron chi connectivity index (χ3n) is 3.51. The van der Waals surface area contributed by atoms with E-state index in [1.54, 1.807) is 23.1 Å². The van der Waals surface area contributed by atoms with Gasteiger partial charge in [0.2, 0.25) is 6.10 Å². The van der Waals surface area contributed by atoms with Crippen molar-refractivity contribution in [3.8, 4) is 11.5 Å². The molecule has 0 unspecified atom stereocenters. The molecule has 0 aliphatic carbocycles. The van der Waals surface area contributed by atoms with Crippen LogP contribution < -0.4 is 9.47 Å². The molecule has 1 heterocycles. The van der Waals surface area contributed by atoms with Gasteiger partial charge in [-0.2, -0.15) is 0 Å². The Balaban J connectivity index is 1.89. The van der Waals surface area contributed by atoms with Gasteiger partial charge in [-0.1, -0.05) is 12.1 Å². The molecule has 1 aliphatic rings. The molecule has 0 N–H and O–H groups in total. The predicted octanol–water partition coefficient (Wildman–Crippen LogP) is 2.01. The molecule has 1 aliphatic heterocycles. The summed E-state index contributed by atoms with van der Waals surface area (Å²) in [5.41, 5.74) is 0. The highest BCUT2D eigenvalue weighted by atomic mass is 16.6. The number of benzene rings is 1. The topological polar surface area (TPSA) is 65.1 Å². The number of esters is 1. The van der Waals surface area contributed by atoms with Gasteiger partial charge in [0, 0.05) is 12.1 Å². The SMILES string of the molecule is CC(C)N(C(=O)COC(=O)[C@H]1COc2ccccc2O1)C(C)C. The van der Waals surface area contributed by atoms with Crippen molar-refractivity contribution in [2.24, 2.45) is 0 Å². The zero-order valence-corrected chi connectivity index (χ0v) is 13.9. The van der Waals surface area contributed by atoms with Gasteiger partial charge in [-0.25, -0.2) is 4.79 Å². The minimum absolute atomic E-state index is 0.0438. The van der Waals surface area contributed by atoms with Crippen LogP contribution in [0.5, 0.6) is 11.5 Å². The molecule has 0 spiro atoms. The summed E-state index contributed by atoms with van der Waals surface area (Å²) in [6, 6.07) is 7.20. The second kappa shape index (κ2) is 7.35. The predicted molar refractivity (Wildman–Crippen MR) is 84.4 cm³/mol. The monoisotopic (exact) mass is 321 g/mol. The Morgan fingerprint density at radius 2 is 1.78 bits per heavy atom. The Morgan fingerprint density at radius 1 is 1.17 bits per heavy atom. The Kier molecular flexibility index (Phi) is 5.47. The van der Waals surface area contributed by atoms with Crippen LogP contribution in [0.2, 0.25) is 0 Å². The van der Waals surface area contributed by atoms with Crippen molar-refractivity contribution in [1.29, 1.82) is 0 Å². The van der Waals surface area contributed by atoms with Crippen molar-refractivity contribution in [3.05, 3.63) is 24.3 Å². The van der Waals surface area contributed by atoms with E-state index in [1.165, 1.54) is 0 Å². The number of hydrogen-bond acceptors (Lipinski definition) is 5. The standard InChI is InChI=1S/C17H23NO5/c1-11(2)18(12(3)4)16(19)10-22-17(20)15-9-21-13-7-5-6-8-14(13)23-15/h5-8,11-12,15H,9-10H2,1-4H3/t15-/m1/s1. The lowest BCUT2D eigenvalue weighted by Gasteiger charge is -2.31. The molecule has 0 fully saturated rings. The molecule has 6 nitrogen and oxygen atoms in total. The van der Waals surface area contributed by atoms with E-state index in [1.807, 2.05) is 33.8 Å². The summed E-state index contributed by atoms with van der Waals surface area (Å²) in [7, 11) is 0. The van der Waals surface area contributed by atoms with Crippen LogP contribution in [0.1, 0.15) is 27.7 Å². The molecule has 0 bridgehead atoms. The van der Waals surface area contributed by atoms with Crippen LogP contribution in [-0.4, -0.2) is 48.2 Å². The molecule has 0 radical (unpaired) electrons. The van der Waals surface area contributed by atoms with Gasteiger partial charge in [0.25, 0.3) is 5.91 Å². The second-order valence-electron chi connectivity index (χ2n) is 5.96. The molecule has 1 amide bonds. The number of nitrogens with zero attached hydrogens (tertiary/aromatic N) is 1. The zero-order valence-electron chi connectivity index (χ0n) is 13.9. The lowest BCUT2D eigenvalue weighted by Crippen LogP contribution is -2.45. The highest BCUT2D eigenvalue weighted by Gasteiger charge is 2.30. The van der Waals surface area contributed by atoms with Crippen molar-refractivity contribution in [1.82, 2.24) is 4.90 Å². The van der Waals surface area contributed by atoms with Gasteiger partial charge in [0.05, 0.1) is 0 Å². The average Bonchev–Trinajstić information content (AvgIpc) is 2.51. The van der Waals surface area contributed by atoms with Crippen LogP contribution in [0, 0.1) is 0 Å². The minimum atomic E-state index is -0.857. The molecular weight excluding hydrogens is 298 g/mol. The van der Waals surface area contributed by atoms with E-state index >= 15 is 0 Å². The summed E-state index contributed by atoms with van der Waals surface area (Å²) in [6.07, 6.45) is -0.857. The first kappa shape index (κ1) is 17.1. The van der Waals surface area contributed by atoms with Crippen molar-refractivity contribution < 1.29 is 23.8 Å². The summed E-state index contributed by atoms with van der Waals surface area (Å²) in [4.78, 5) is 25.9. The van der Waals surface area contributed by atoms with Crippen LogP contribution >= 0.6 is 0 Å². The van der Waals surface area contributed by atoms with E-state index in [2.05, 4.69) is 0 Å². The average molecular weight is 321 g/mol. The fraction of sp³-hybridized carbons (Fsp3) is 0.529. The number of para-hydroxylation sites is 2. The summed E-state index contributed by atoms with van der Waals surface area (Å²) < 4.78 is 16.1. The largest absolute Gasteiger partial charge is 0.485 e. The lowest BCUT2D eigenvalue weighted by atomic mass is 10.2. The van der Waals surface area contributed by atoms with E-state index < -0.39 is 12.1 Å². The van der Waals surface area contributed by atoms with Crippen molar-refractivity contribution in [2.45, 2.75) is 45.9 Å². The second-order valence-corrected chi connectivity index (χ2v) is 5.96. The number of rotatable bonds is 5. The van der Waals surface area contributed by atoms with E-state index in [-0.39, 0.29) is 31.2 Å². The van der Waals surface area contributed by atoms with Gasteiger partial charge in [-0.05, 0) is 39.8 Å². The smallest absolute Gasteiger partial charge is 0.351 e. The molecule has 0 saturated carbocycles. The molecule has 1 aromatic carbocycles. The summed E-state index contributed by atoms with van der Waals surface area (Å²) >= 11 is 0.